The summed E-state index contributed by atoms with van der Waals surface area (Å²) < 4.78 is 16.5. The summed E-state index contributed by atoms with van der Waals surface area (Å²) in [5.41, 5.74) is 1.31. The van der Waals surface area contributed by atoms with Gasteiger partial charge in [0.25, 0.3) is 5.88 Å². The maximum absolute atomic E-state index is 6.17. The van der Waals surface area contributed by atoms with E-state index in [1.807, 2.05) is 0 Å². The Labute approximate surface area is 140 Å². The highest BCUT2D eigenvalue weighted by Gasteiger charge is 2.13. The van der Waals surface area contributed by atoms with Crippen LogP contribution >= 0.6 is 11.6 Å². The van der Waals surface area contributed by atoms with E-state index in [-0.39, 0.29) is 0 Å². The second-order valence-electron chi connectivity index (χ2n) is 5.31. The molecule has 2 aromatic heterocycles. The van der Waals surface area contributed by atoms with Crippen LogP contribution in [0.15, 0.2) is 18.3 Å². The van der Waals surface area contributed by atoms with Gasteiger partial charge in [-0.1, -0.05) is 11.6 Å². The second-order valence-corrected chi connectivity index (χ2v) is 5.72. The van der Waals surface area contributed by atoms with Crippen LogP contribution in [-0.2, 0) is 4.74 Å². The smallest absolute Gasteiger partial charge is 0.257 e. The maximum Gasteiger partial charge on any atom is 0.257 e. The van der Waals surface area contributed by atoms with Crippen molar-refractivity contribution in [2.24, 2.45) is 0 Å². The Hall–Kier alpha value is -1.63. The third-order valence-corrected chi connectivity index (χ3v) is 4.08. The third-order valence-electron chi connectivity index (χ3n) is 3.78. The van der Waals surface area contributed by atoms with Crippen LogP contribution in [-0.4, -0.2) is 61.4 Å². The van der Waals surface area contributed by atoms with E-state index < -0.39 is 0 Å². The molecule has 0 amide bonds. The Morgan fingerprint density at radius 3 is 2.96 bits per heavy atom. The summed E-state index contributed by atoms with van der Waals surface area (Å²) in [4.78, 5) is 11.1. The zero-order valence-corrected chi connectivity index (χ0v) is 13.9. The predicted octanol–water partition coefficient (Wildman–Crippen LogP) is 2.39. The molecule has 0 aliphatic carbocycles. The highest BCUT2D eigenvalue weighted by atomic mass is 35.5. The predicted molar refractivity (Wildman–Crippen MR) is 88.5 cm³/mol. The van der Waals surface area contributed by atoms with Crippen LogP contribution < -0.4 is 9.47 Å². The minimum atomic E-state index is 0.455. The number of halogens is 1. The molecule has 1 fully saturated rings. The van der Waals surface area contributed by atoms with Crippen LogP contribution in [0.4, 0.5) is 0 Å². The molecule has 0 unspecified atom stereocenters. The number of rotatable bonds is 6. The Morgan fingerprint density at radius 1 is 1.35 bits per heavy atom. The summed E-state index contributed by atoms with van der Waals surface area (Å²) in [6.07, 6.45) is 2.57. The number of fused-ring (bicyclic) bond motifs is 1. The molecule has 7 heteroatoms. The van der Waals surface area contributed by atoms with E-state index in [2.05, 4.69) is 14.9 Å². The standard InChI is InChI=1S/C16H20ClN3O3/c1-21-14-11-13-15(12(17)3-4-18-13)19-16(14)23-8-2-5-20-6-9-22-10-7-20/h3-4,11H,2,5-10H2,1H3. The van der Waals surface area contributed by atoms with Gasteiger partial charge in [0.05, 0.1) is 37.5 Å². The number of nitrogens with zero attached hydrogens (tertiary/aromatic N) is 3. The van der Waals surface area contributed by atoms with Crippen LogP contribution in [0.3, 0.4) is 0 Å². The Balaban J connectivity index is 1.63. The Bertz CT molecular complexity index is 662. The molecule has 0 aromatic carbocycles. The monoisotopic (exact) mass is 337 g/mol. The molecule has 1 saturated heterocycles. The largest absolute Gasteiger partial charge is 0.491 e. The molecule has 2 aromatic rings. The lowest BCUT2D eigenvalue weighted by atomic mass is 10.3. The number of methoxy groups -OCH3 is 1. The molecule has 0 radical (unpaired) electrons. The van der Waals surface area contributed by atoms with Crippen molar-refractivity contribution in [1.82, 2.24) is 14.9 Å². The van der Waals surface area contributed by atoms with Gasteiger partial charge in [-0.25, -0.2) is 4.98 Å². The first-order valence-corrected chi connectivity index (χ1v) is 8.08. The van der Waals surface area contributed by atoms with E-state index in [1.54, 1.807) is 25.4 Å². The van der Waals surface area contributed by atoms with Crippen molar-refractivity contribution in [3.63, 3.8) is 0 Å². The molecule has 23 heavy (non-hydrogen) atoms. The van der Waals surface area contributed by atoms with Crippen molar-refractivity contribution in [2.75, 3.05) is 46.6 Å². The average molecular weight is 338 g/mol. The average Bonchev–Trinajstić information content (AvgIpc) is 2.59. The van der Waals surface area contributed by atoms with E-state index in [0.29, 0.717) is 34.3 Å². The molecule has 0 saturated carbocycles. The van der Waals surface area contributed by atoms with E-state index in [4.69, 9.17) is 25.8 Å². The lowest BCUT2D eigenvalue weighted by Gasteiger charge is -2.26. The van der Waals surface area contributed by atoms with Gasteiger partial charge in [0, 0.05) is 31.9 Å². The van der Waals surface area contributed by atoms with E-state index >= 15 is 0 Å². The van der Waals surface area contributed by atoms with Crippen molar-refractivity contribution in [3.05, 3.63) is 23.4 Å². The minimum absolute atomic E-state index is 0.455. The van der Waals surface area contributed by atoms with Crippen LogP contribution in [0, 0.1) is 0 Å². The van der Waals surface area contributed by atoms with Gasteiger partial charge >= 0.3 is 0 Å². The van der Waals surface area contributed by atoms with Crippen molar-refractivity contribution >= 4 is 22.6 Å². The van der Waals surface area contributed by atoms with Gasteiger partial charge in [-0.15, -0.1) is 0 Å². The van der Waals surface area contributed by atoms with Gasteiger partial charge in [-0.05, 0) is 12.5 Å². The fourth-order valence-electron chi connectivity index (χ4n) is 2.54. The molecule has 0 spiro atoms. The topological polar surface area (TPSA) is 56.7 Å². The summed E-state index contributed by atoms with van der Waals surface area (Å²) in [5, 5.41) is 0.552. The van der Waals surface area contributed by atoms with Gasteiger partial charge in [0.1, 0.15) is 5.52 Å². The van der Waals surface area contributed by atoms with E-state index in [0.717, 1.165) is 39.3 Å². The molecule has 0 atom stereocenters. The molecular formula is C16H20ClN3O3. The Kier molecular flexibility index (Phi) is 5.48. The molecule has 1 aliphatic rings. The molecule has 0 bridgehead atoms. The number of aromatic nitrogens is 2. The summed E-state index contributed by atoms with van der Waals surface area (Å²) in [5.74, 6) is 1.02. The van der Waals surface area contributed by atoms with Gasteiger partial charge < -0.3 is 14.2 Å². The first-order valence-electron chi connectivity index (χ1n) is 7.70. The Morgan fingerprint density at radius 2 is 2.17 bits per heavy atom. The van der Waals surface area contributed by atoms with Crippen LogP contribution in [0.1, 0.15) is 6.42 Å². The lowest BCUT2D eigenvalue weighted by Crippen LogP contribution is -2.37. The SMILES string of the molecule is COc1cc2nccc(Cl)c2nc1OCCCN1CCOCC1. The number of ether oxygens (including phenoxy) is 3. The normalized spacial score (nSPS) is 15.7. The number of hydrogen-bond acceptors (Lipinski definition) is 6. The van der Waals surface area contributed by atoms with Crippen LogP contribution in [0.2, 0.25) is 5.02 Å². The minimum Gasteiger partial charge on any atom is -0.491 e. The van der Waals surface area contributed by atoms with Crippen molar-refractivity contribution in [1.29, 1.82) is 0 Å². The summed E-state index contributed by atoms with van der Waals surface area (Å²) in [7, 11) is 1.59. The van der Waals surface area contributed by atoms with Crippen molar-refractivity contribution < 1.29 is 14.2 Å². The first kappa shape index (κ1) is 16.2. The molecule has 3 rings (SSSR count). The van der Waals surface area contributed by atoms with Crippen LogP contribution in [0.5, 0.6) is 11.6 Å². The highest BCUT2D eigenvalue weighted by Crippen LogP contribution is 2.31. The summed E-state index contributed by atoms with van der Waals surface area (Å²) >= 11 is 6.17. The zero-order chi connectivity index (χ0) is 16.1. The van der Waals surface area contributed by atoms with Crippen molar-refractivity contribution in [3.8, 4) is 11.6 Å². The van der Waals surface area contributed by atoms with Gasteiger partial charge in [0.15, 0.2) is 5.75 Å². The highest BCUT2D eigenvalue weighted by molar-refractivity contribution is 6.34. The summed E-state index contributed by atoms with van der Waals surface area (Å²) in [6, 6.07) is 3.51. The quantitative estimate of drug-likeness (QED) is 0.754. The van der Waals surface area contributed by atoms with E-state index in [1.165, 1.54) is 0 Å². The van der Waals surface area contributed by atoms with Crippen LogP contribution in [0.25, 0.3) is 11.0 Å². The third kappa shape index (κ3) is 4.02. The molecule has 0 N–H and O–H groups in total. The molecule has 3 heterocycles. The lowest BCUT2D eigenvalue weighted by molar-refractivity contribution is 0.0357. The fourth-order valence-corrected chi connectivity index (χ4v) is 2.73. The van der Waals surface area contributed by atoms with Gasteiger partial charge in [-0.3, -0.25) is 9.88 Å². The first-order chi connectivity index (χ1) is 11.3. The van der Waals surface area contributed by atoms with Gasteiger partial charge in [-0.2, -0.15) is 0 Å². The van der Waals surface area contributed by atoms with E-state index in [9.17, 15) is 0 Å². The number of pyridine rings is 2. The molecule has 6 nitrogen and oxygen atoms in total. The zero-order valence-electron chi connectivity index (χ0n) is 13.1. The fraction of sp³-hybridized carbons (Fsp3) is 0.500. The number of morpholine rings is 1. The maximum atomic E-state index is 6.17. The van der Waals surface area contributed by atoms with Crippen molar-refractivity contribution in [2.45, 2.75) is 6.42 Å². The second kappa shape index (κ2) is 7.77. The molecular weight excluding hydrogens is 318 g/mol. The number of hydrogen-bond donors (Lipinski definition) is 0. The molecule has 124 valence electrons. The van der Waals surface area contributed by atoms with Gasteiger partial charge in [0.2, 0.25) is 0 Å². The molecule has 1 aliphatic heterocycles. The summed E-state index contributed by atoms with van der Waals surface area (Å²) in [6.45, 7) is 5.15.